The van der Waals surface area contributed by atoms with Crippen LogP contribution in [0.5, 0.6) is 0 Å². The minimum Gasteiger partial charge on any atom is -0.477 e. The lowest BCUT2D eigenvalue weighted by Crippen LogP contribution is -1.96. The molecule has 4 nitrogen and oxygen atoms in total. The molecule has 0 unspecified atom stereocenters. The first-order valence-electron chi connectivity index (χ1n) is 7.11. The highest BCUT2D eigenvalue weighted by Crippen LogP contribution is 2.35. The lowest BCUT2D eigenvalue weighted by Gasteiger charge is -2.01. The van der Waals surface area contributed by atoms with Crippen LogP contribution in [-0.2, 0) is 0 Å². The lowest BCUT2D eigenvalue weighted by atomic mass is 10.1. The van der Waals surface area contributed by atoms with Gasteiger partial charge in [0.2, 0.25) is 0 Å². The van der Waals surface area contributed by atoms with Crippen LogP contribution in [0.15, 0.2) is 66.7 Å². The molecule has 0 aliphatic heterocycles. The maximum Gasteiger partial charge on any atom is 0.345 e. The van der Waals surface area contributed by atoms with Crippen molar-refractivity contribution in [2.75, 3.05) is 0 Å². The number of hydrogen-bond acceptors (Lipinski definition) is 3. The van der Waals surface area contributed by atoms with E-state index in [-0.39, 0.29) is 0 Å². The fourth-order valence-corrected chi connectivity index (χ4v) is 3.54. The van der Waals surface area contributed by atoms with Gasteiger partial charge in [-0.05, 0) is 18.2 Å². The van der Waals surface area contributed by atoms with Crippen LogP contribution < -0.4 is 0 Å². The Kier molecular flexibility index (Phi) is 3.20. The fourth-order valence-electron chi connectivity index (χ4n) is 2.57. The Balaban J connectivity index is 2.02. The van der Waals surface area contributed by atoms with E-state index in [2.05, 4.69) is 0 Å². The molecule has 0 amide bonds. The van der Waals surface area contributed by atoms with E-state index in [4.69, 9.17) is 5.10 Å². The summed E-state index contributed by atoms with van der Waals surface area (Å²) in [5.41, 5.74) is 2.69. The Labute approximate surface area is 136 Å². The summed E-state index contributed by atoms with van der Waals surface area (Å²) in [6, 6.07) is 21.3. The number of fused-ring (bicyclic) bond motifs is 1. The largest absolute Gasteiger partial charge is 0.477 e. The predicted molar refractivity (Wildman–Crippen MR) is 91.3 cm³/mol. The number of benzene rings is 2. The molecule has 0 saturated carbocycles. The van der Waals surface area contributed by atoms with Crippen LogP contribution in [-0.4, -0.2) is 20.9 Å². The number of aromatic nitrogens is 2. The average Bonchev–Trinajstić information content (AvgIpc) is 3.16. The Morgan fingerprint density at radius 2 is 1.65 bits per heavy atom. The average molecular weight is 320 g/mol. The number of carboxylic acid groups (broad SMARTS) is 1. The number of carbonyl (C=O) groups is 1. The molecule has 2 aromatic carbocycles. The van der Waals surface area contributed by atoms with Crippen molar-refractivity contribution in [1.82, 2.24) is 9.78 Å². The van der Waals surface area contributed by atoms with E-state index in [1.54, 1.807) is 6.07 Å². The van der Waals surface area contributed by atoms with Crippen molar-refractivity contribution in [3.05, 3.63) is 71.6 Å². The summed E-state index contributed by atoms with van der Waals surface area (Å²) in [6.45, 7) is 0. The minimum absolute atomic E-state index is 0.319. The normalized spacial score (nSPS) is 11.0. The van der Waals surface area contributed by atoms with Crippen LogP contribution in [0.4, 0.5) is 0 Å². The topological polar surface area (TPSA) is 55.1 Å². The van der Waals surface area contributed by atoms with Gasteiger partial charge in [0.25, 0.3) is 0 Å². The molecule has 0 aliphatic carbocycles. The molecular formula is C18H12N2O2S. The first-order chi connectivity index (χ1) is 11.2. The van der Waals surface area contributed by atoms with Gasteiger partial charge in [0.15, 0.2) is 0 Å². The molecule has 0 saturated heterocycles. The van der Waals surface area contributed by atoms with E-state index in [9.17, 15) is 9.90 Å². The SMILES string of the molecule is O=C(O)c1cc2c(-c3ccccc3)nn(-c3ccccc3)c2s1. The molecule has 2 aromatic heterocycles. The first-order valence-corrected chi connectivity index (χ1v) is 7.92. The van der Waals surface area contributed by atoms with E-state index in [0.717, 1.165) is 27.2 Å². The highest BCUT2D eigenvalue weighted by molar-refractivity contribution is 7.20. The van der Waals surface area contributed by atoms with Gasteiger partial charge in [0.05, 0.1) is 5.69 Å². The molecule has 0 radical (unpaired) electrons. The predicted octanol–water partition coefficient (Wildman–Crippen LogP) is 4.45. The molecule has 0 spiro atoms. The van der Waals surface area contributed by atoms with Crippen molar-refractivity contribution in [3.8, 4) is 16.9 Å². The third kappa shape index (κ3) is 2.31. The second kappa shape index (κ2) is 5.37. The van der Waals surface area contributed by atoms with E-state index >= 15 is 0 Å². The number of hydrogen-bond donors (Lipinski definition) is 1. The Bertz CT molecular complexity index is 916. The zero-order chi connectivity index (χ0) is 15.8. The highest BCUT2D eigenvalue weighted by atomic mass is 32.1. The van der Waals surface area contributed by atoms with Gasteiger partial charge >= 0.3 is 5.97 Å². The summed E-state index contributed by atoms with van der Waals surface area (Å²) in [4.78, 5) is 12.5. The zero-order valence-electron chi connectivity index (χ0n) is 12.0. The molecule has 0 bridgehead atoms. The van der Waals surface area contributed by atoms with Gasteiger partial charge in [-0.2, -0.15) is 5.10 Å². The van der Waals surface area contributed by atoms with Crippen molar-refractivity contribution >= 4 is 27.5 Å². The molecule has 4 rings (SSSR count). The number of thiophene rings is 1. The van der Waals surface area contributed by atoms with Crippen LogP contribution in [0, 0.1) is 0 Å². The van der Waals surface area contributed by atoms with E-state index in [1.165, 1.54) is 11.3 Å². The molecule has 0 fully saturated rings. The molecule has 0 aliphatic rings. The zero-order valence-corrected chi connectivity index (χ0v) is 12.8. The molecular weight excluding hydrogens is 308 g/mol. The van der Waals surface area contributed by atoms with E-state index < -0.39 is 5.97 Å². The maximum absolute atomic E-state index is 11.3. The number of rotatable bonds is 3. The Morgan fingerprint density at radius 1 is 1.00 bits per heavy atom. The van der Waals surface area contributed by atoms with Crippen molar-refractivity contribution < 1.29 is 9.90 Å². The van der Waals surface area contributed by atoms with Crippen LogP contribution in [0.1, 0.15) is 9.67 Å². The number of nitrogens with zero attached hydrogens (tertiary/aromatic N) is 2. The minimum atomic E-state index is -0.912. The summed E-state index contributed by atoms with van der Waals surface area (Å²) >= 11 is 1.24. The van der Waals surface area contributed by atoms with Gasteiger partial charge in [-0.25, -0.2) is 9.48 Å². The smallest absolute Gasteiger partial charge is 0.345 e. The number of carboxylic acids is 1. The lowest BCUT2D eigenvalue weighted by molar-refractivity contribution is 0.0702. The molecule has 23 heavy (non-hydrogen) atoms. The van der Waals surface area contributed by atoms with E-state index in [0.29, 0.717) is 4.88 Å². The summed E-state index contributed by atoms with van der Waals surface area (Å²) < 4.78 is 1.81. The van der Waals surface area contributed by atoms with Gasteiger partial charge in [-0.3, -0.25) is 0 Å². The molecule has 4 aromatic rings. The summed E-state index contributed by atoms with van der Waals surface area (Å²) in [5.74, 6) is -0.912. The van der Waals surface area contributed by atoms with Crippen molar-refractivity contribution in [3.63, 3.8) is 0 Å². The van der Waals surface area contributed by atoms with Crippen molar-refractivity contribution in [1.29, 1.82) is 0 Å². The number of aromatic carboxylic acids is 1. The van der Waals surface area contributed by atoms with Crippen LogP contribution in [0.2, 0.25) is 0 Å². The molecule has 0 atom stereocenters. The van der Waals surface area contributed by atoms with Crippen LogP contribution >= 0.6 is 11.3 Å². The van der Waals surface area contributed by atoms with Crippen molar-refractivity contribution in [2.45, 2.75) is 0 Å². The summed E-state index contributed by atoms with van der Waals surface area (Å²) in [6.07, 6.45) is 0. The third-order valence-electron chi connectivity index (χ3n) is 3.62. The summed E-state index contributed by atoms with van der Waals surface area (Å²) in [7, 11) is 0. The molecule has 2 heterocycles. The third-order valence-corrected chi connectivity index (χ3v) is 4.72. The summed E-state index contributed by atoms with van der Waals surface area (Å²) in [5, 5.41) is 14.9. The van der Waals surface area contributed by atoms with Crippen LogP contribution in [0.3, 0.4) is 0 Å². The molecule has 5 heteroatoms. The van der Waals surface area contributed by atoms with Crippen LogP contribution in [0.25, 0.3) is 27.2 Å². The monoisotopic (exact) mass is 320 g/mol. The second-order valence-corrected chi connectivity index (χ2v) is 6.13. The van der Waals surface area contributed by atoms with Gasteiger partial charge in [-0.1, -0.05) is 48.5 Å². The standard InChI is InChI=1S/C18H12N2O2S/c21-18(22)15-11-14-16(12-7-3-1-4-8-12)19-20(17(14)23-15)13-9-5-2-6-10-13/h1-11H,(H,21,22). The quantitative estimate of drug-likeness (QED) is 0.606. The van der Waals surface area contributed by atoms with Gasteiger partial charge in [-0.15, -0.1) is 11.3 Å². The highest BCUT2D eigenvalue weighted by Gasteiger charge is 2.19. The van der Waals surface area contributed by atoms with Gasteiger partial charge in [0, 0.05) is 10.9 Å². The molecule has 112 valence electrons. The Hall–Kier alpha value is -2.92. The van der Waals surface area contributed by atoms with Crippen molar-refractivity contribution in [2.24, 2.45) is 0 Å². The Morgan fingerprint density at radius 3 is 2.30 bits per heavy atom. The number of para-hydroxylation sites is 1. The maximum atomic E-state index is 11.3. The fraction of sp³-hybridized carbons (Fsp3) is 0. The first kappa shape index (κ1) is 13.7. The van der Waals surface area contributed by atoms with E-state index in [1.807, 2.05) is 65.3 Å². The van der Waals surface area contributed by atoms with Gasteiger partial charge < -0.3 is 5.11 Å². The second-order valence-electron chi connectivity index (χ2n) is 5.10. The molecule has 1 N–H and O–H groups in total. The van der Waals surface area contributed by atoms with Gasteiger partial charge in [0.1, 0.15) is 15.4 Å².